The van der Waals surface area contributed by atoms with Gasteiger partial charge in [-0.3, -0.25) is 0 Å². The molecule has 0 radical (unpaired) electrons. The molecule has 1 saturated carbocycles. The van der Waals surface area contributed by atoms with Gasteiger partial charge in [0.1, 0.15) is 11.8 Å². The Bertz CT molecular complexity index is 427. The number of nitrogens with two attached hydrogens (primary N) is 1. The van der Waals surface area contributed by atoms with Crippen molar-refractivity contribution in [3.8, 4) is 6.07 Å². The van der Waals surface area contributed by atoms with E-state index in [0.29, 0.717) is 24.1 Å². The van der Waals surface area contributed by atoms with E-state index in [9.17, 15) is 0 Å². The van der Waals surface area contributed by atoms with Crippen LogP contribution in [-0.2, 0) is 11.3 Å². The summed E-state index contributed by atoms with van der Waals surface area (Å²) in [4.78, 5) is 4.02. The van der Waals surface area contributed by atoms with Crippen molar-refractivity contribution in [3.63, 3.8) is 0 Å². The highest BCUT2D eigenvalue weighted by Gasteiger charge is 2.25. The van der Waals surface area contributed by atoms with Crippen molar-refractivity contribution in [3.05, 3.63) is 29.6 Å². The zero-order valence-corrected chi connectivity index (χ0v) is 10.5. The summed E-state index contributed by atoms with van der Waals surface area (Å²) in [6.07, 6.45) is 5.32. The molecule has 2 unspecified atom stereocenters. The Kier molecular flexibility index (Phi) is 4.68. The van der Waals surface area contributed by atoms with Crippen LogP contribution in [0.15, 0.2) is 18.3 Å². The lowest BCUT2D eigenvalue weighted by Crippen LogP contribution is -2.22. The van der Waals surface area contributed by atoms with Gasteiger partial charge in [-0.2, -0.15) is 5.26 Å². The summed E-state index contributed by atoms with van der Waals surface area (Å²) in [7, 11) is 0. The van der Waals surface area contributed by atoms with E-state index in [1.807, 2.05) is 12.1 Å². The third-order valence-electron chi connectivity index (χ3n) is 3.71. The Morgan fingerprint density at radius 1 is 1.44 bits per heavy atom. The summed E-state index contributed by atoms with van der Waals surface area (Å²) in [5.41, 5.74) is 7.06. The van der Waals surface area contributed by atoms with Crippen molar-refractivity contribution in [1.29, 1.82) is 5.26 Å². The van der Waals surface area contributed by atoms with Gasteiger partial charge in [-0.15, -0.1) is 0 Å². The van der Waals surface area contributed by atoms with Gasteiger partial charge < -0.3 is 10.5 Å². The first-order valence-corrected chi connectivity index (χ1v) is 6.47. The number of ether oxygens (including phenoxy) is 1. The molecule has 0 aliphatic heterocycles. The van der Waals surface area contributed by atoms with Crippen LogP contribution in [0.25, 0.3) is 0 Å². The maximum absolute atomic E-state index is 8.92. The molecule has 0 bridgehead atoms. The minimum Gasteiger partial charge on any atom is -0.376 e. The molecule has 0 spiro atoms. The molecule has 4 nitrogen and oxygen atoms in total. The Morgan fingerprint density at radius 3 is 3.06 bits per heavy atom. The second kappa shape index (κ2) is 6.48. The predicted octanol–water partition coefficient (Wildman–Crippen LogP) is 1.84. The summed E-state index contributed by atoms with van der Waals surface area (Å²) >= 11 is 0. The van der Waals surface area contributed by atoms with Crippen LogP contribution < -0.4 is 5.73 Å². The molecule has 1 aromatic heterocycles. The van der Waals surface area contributed by atoms with E-state index in [2.05, 4.69) is 11.1 Å². The largest absolute Gasteiger partial charge is 0.376 e. The topological polar surface area (TPSA) is 71.9 Å². The van der Waals surface area contributed by atoms with Crippen LogP contribution in [0.1, 0.15) is 30.5 Å². The monoisotopic (exact) mass is 245 g/mol. The number of aromatic nitrogens is 1. The first kappa shape index (κ1) is 13.0. The summed E-state index contributed by atoms with van der Waals surface area (Å²) in [6.45, 7) is 1.95. The van der Waals surface area contributed by atoms with Crippen LogP contribution in [0.5, 0.6) is 0 Å². The van der Waals surface area contributed by atoms with Gasteiger partial charge in [0.25, 0.3) is 0 Å². The molecule has 2 N–H and O–H groups in total. The van der Waals surface area contributed by atoms with Gasteiger partial charge in [0.15, 0.2) is 0 Å². The first-order valence-electron chi connectivity index (χ1n) is 6.47. The van der Waals surface area contributed by atoms with Gasteiger partial charge in [-0.05, 0) is 37.3 Å². The lowest BCUT2D eigenvalue weighted by molar-refractivity contribution is 0.0751. The molecule has 2 atom stereocenters. The number of hydrogen-bond donors (Lipinski definition) is 1. The lowest BCUT2D eigenvalue weighted by atomic mass is 9.97. The molecular weight excluding hydrogens is 226 g/mol. The number of nitriles is 1. The quantitative estimate of drug-likeness (QED) is 0.859. The number of nitrogens with zero attached hydrogens (tertiary/aromatic N) is 2. The Balaban J connectivity index is 1.83. The average Bonchev–Trinajstić information content (AvgIpc) is 2.87. The van der Waals surface area contributed by atoms with E-state index in [4.69, 9.17) is 15.7 Å². The van der Waals surface area contributed by atoms with E-state index in [1.165, 1.54) is 19.3 Å². The molecule has 1 heterocycles. The van der Waals surface area contributed by atoms with Crippen LogP contribution in [0.4, 0.5) is 0 Å². The van der Waals surface area contributed by atoms with E-state index < -0.39 is 0 Å². The van der Waals surface area contributed by atoms with Gasteiger partial charge in [0.05, 0.1) is 13.2 Å². The molecule has 0 saturated heterocycles. The SMILES string of the molecule is N#Cc1ncccc1COCC1CCCC1CN. The fourth-order valence-corrected chi connectivity index (χ4v) is 2.62. The van der Waals surface area contributed by atoms with Gasteiger partial charge in [0.2, 0.25) is 0 Å². The fraction of sp³-hybridized carbons (Fsp3) is 0.571. The second-order valence-corrected chi connectivity index (χ2v) is 4.82. The van der Waals surface area contributed by atoms with E-state index >= 15 is 0 Å². The average molecular weight is 245 g/mol. The summed E-state index contributed by atoms with van der Waals surface area (Å²) in [5.74, 6) is 1.19. The maximum Gasteiger partial charge on any atom is 0.145 e. The molecule has 0 aromatic carbocycles. The third-order valence-corrected chi connectivity index (χ3v) is 3.71. The van der Waals surface area contributed by atoms with Gasteiger partial charge in [-0.25, -0.2) is 4.98 Å². The van der Waals surface area contributed by atoms with E-state index in [0.717, 1.165) is 18.7 Å². The number of hydrogen-bond acceptors (Lipinski definition) is 4. The highest BCUT2D eigenvalue weighted by Crippen LogP contribution is 2.31. The molecule has 1 aliphatic rings. The predicted molar refractivity (Wildman–Crippen MR) is 68.5 cm³/mol. The Labute approximate surface area is 108 Å². The van der Waals surface area contributed by atoms with Crippen LogP contribution in [0.3, 0.4) is 0 Å². The molecule has 1 aliphatic carbocycles. The lowest BCUT2D eigenvalue weighted by Gasteiger charge is -2.17. The van der Waals surface area contributed by atoms with Crippen molar-refractivity contribution in [1.82, 2.24) is 4.98 Å². The van der Waals surface area contributed by atoms with E-state index in [-0.39, 0.29) is 0 Å². The minimum absolute atomic E-state index is 0.458. The minimum atomic E-state index is 0.458. The van der Waals surface area contributed by atoms with Crippen LogP contribution >= 0.6 is 0 Å². The molecule has 2 rings (SSSR count). The standard InChI is InChI=1S/C14H19N3O/c15-7-11-3-1-4-12(11)9-18-10-13-5-2-6-17-14(13)8-16/h2,5-6,11-12H,1,3-4,7,9-10,15H2. The molecule has 1 aromatic rings. The molecule has 18 heavy (non-hydrogen) atoms. The normalized spacial score (nSPS) is 22.9. The maximum atomic E-state index is 8.92. The van der Waals surface area contributed by atoms with Gasteiger partial charge in [0, 0.05) is 11.8 Å². The third kappa shape index (κ3) is 3.06. The summed E-state index contributed by atoms with van der Waals surface area (Å²) in [6, 6.07) is 5.80. The zero-order chi connectivity index (χ0) is 12.8. The smallest absolute Gasteiger partial charge is 0.145 e. The Hall–Kier alpha value is -1.44. The van der Waals surface area contributed by atoms with Crippen LogP contribution in [-0.4, -0.2) is 18.1 Å². The number of pyridine rings is 1. The molecule has 1 fully saturated rings. The van der Waals surface area contributed by atoms with Crippen molar-refractivity contribution < 1.29 is 4.74 Å². The number of rotatable bonds is 5. The highest BCUT2D eigenvalue weighted by atomic mass is 16.5. The zero-order valence-electron chi connectivity index (χ0n) is 10.5. The van der Waals surface area contributed by atoms with Gasteiger partial charge in [-0.1, -0.05) is 12.5 Å². The van der Waals surface area contributed by atoms with Gasteiger partial charge >= 0.3 is 0 Å². The first-order chi connectivity index (χ1) is 8.85. The van der Waals surface area contributed by atoms with Crippen molar-refractivity contribution >= 4 is 0 Å². The molecular formula is C14H19N3O. The van der Waals surface area contributed by atoms with Crippen molar-refractivity contribution in [2.24, 2.45) is 17.6 Å². The van der Waals surface area contributed by atoms with E-state index in [1.54, 1.807) is 6.20 Å². The summed E-state index contributed by atoms with van der Waals surface area (Å²) < 4.78 is 5.73. The van der Waals surface area contributed by atoms with Crippen molar-refractivity contribution in [2.75, 3.05) is 13.2 Å². The van der Waals surface area contributed by atoms with Crippen LogP contribution in [0.2, 0.25) is 0 Å². The van der Waals surface area contributed by atoms with Crippen LogP contribution in [0, 0.1) is 23.2 Å². The van der Waals surface area contributed by atoms with Crippen molar-refractivity contribution in [2.45, 2.75) is 25.9 Å². The molecule has 96 valence electrons. The molecule has 0 amide bonds. The Morgan fingerprint density at radius 2 is 2.28 bits per heavy atom. The second-order valence-electron chi connectivity index (χ2n) is 4.82. The highest BCUT2D eigenvalue weighted by molar-refractivity contribution is 5.29. The molecule has 4 heteroatoms. The fourth-order valence-electron chi connectivity index (χ4n) is 2.62. The summed E-state index contributed by atoms with van der Waals surface area (Å²) in [5, 5.41) is 8.92.